The Kier molecular flexibility index (Phi) is 9.27. The van der Waals surface area contributed by atoms with Gasteiger partial charge in [-0.3, -0.25) is 4.99 Å². The standard InChI is InChI=1S/C70H46N2S/c1-44-17-15-16-40-73-67-52(44)38-39-56-55-37-36-50(46-30-33-48(34-31-46)68-71-64(47-19-3-2-4-20-47)43-65(72-68)51-35-32-45-18-5-6-21-49(45)41-51)42-63(55)70(66(56)67)61-28-13-11-26-59(61)69(60-27-12-14-29-62(60)70)57-24-9-7-22-53(57)54-23-8-10-25-58(54)69/h2-43,68,72H,1H2/b17-15-,40-16-. The fourth-order valence-electron chi connectivity index (χ4n) is 13.2. The van der Waals surface area contributed by atoms with Crippen LogP contribution in [0.1, 0.15) is 72.9 Å². The van der Waals surface area contributed by atoms with Gasteiger partial charge in [-0.15, -0.1) is 0 Å². The number of hydrogen-bond acceptors (Lipinski definition) is 3. The minimum Gasteiger partial charge on any atom is -0.360 e. The van der Waals surface area contributed by atoms with Gasteiger partial charge in [-0.1, -0.05) is 249 Å². The summed E-state index contributed by atoms with van der Waals surface area (Å²) in [6.07, 6.45) is 8.32. The molecule has 0 saturated heterocycles. The molecule has 2 aliphatic heterocycles. The molecule has 0 saturated carbocycles. The Morgan fingerprint density at radius 3 is 1.70 bits per heavy atom. The number of fused-ring (bicyclic) bond motifs is 19. The molecule has 3 heteroatoms. The summed E-state index contributed by atoms with van der Waals surface area (Å²) in [6.45, 7) is 4.66. The van der Waals surface area contributed by atoms with Gasteiger partial charge in [0.1, 0.15) is 6.17 Å². The van der Waals surface area contributed by atoms with E-state index in [1.165, 1.54) is 93.6 Å². The van der Waals surface area contributed by atoms with Crippen molar-refractivity contribution in [2.24, 2.45) is 4.99 Å². The number of rotatable bonds is 4. The second-order valence-corrected chi connectivity index (χ2v) is 20.7. The highest BCUT2D eigenvalue weighted by Crippen LogP contribution is 2.69. The van der Waals surface area contributed by atoms with Crippen molar-refractivity contribution in [3.63, 3.8) is 0 Å². The first kappa shape index (κ1) is 42.0. The first-order chi connectivity index (χ1) is 36.1. The second kappa shape index (κ2) is 16.1. The van der Waals surface area contributed by atoms with E-state index in [9.17, 15) is 0 Å². The molecule has 0 radical (unpaired) electrons. The fourth-order valence-corrected chi connectivity index (χ4v) is 14.2. The third-order valence-corrected chi connectivity index (χ3v) is 17.2. The normalized spacial score (nSPS) is 17.6. The van der Waals surface area contributed by atoms with Crippen molar-refractivity contribution in [3.8, 4) is 33.4 Å². The van der Waals surface area contributed by atoms with Gasteiger partial charge >= 0.3 is 0 Å². The molecule has 1 N–H and O–H groups in total. The number of thioether (sulfide) groups is 1. The average Bonchev–Trinajstić information content (AvgIpc) is 3.92. The van der Waals surface area contributed by atoms with E-state index in [0.717, 1.165) is 39.2 Å². The zero-order valence-electron chi connectivity index (χ0n) is 39.9. The van der Waals surface area contributed by atoms with E-state index in [1.54, 1.807) is 0 Å². The summed E-state index contributed by atoms with van der Waals surface area (Å²) in [5, 5.41) is 8.52. The molecule has 342 valence electrons. The van der Waals surface area contributed by atoms with Gasteiger partial charge in [0, 0.05) is 10.6 Å². The molecule has 15 rings (SSSR count). The SMILES string of the molecule is C=C1/C=C\C=C/Sc2c1ccc1c2C2(c3cc(-c4ccc(C5N=C(c6ccccc6)C=C(c6ccc7ccccc7c6)N5)cc4)ccc3-1)c1ccccc1C1(c3ccccc3-c3ccccc31)c1ccccc12. The van der Waals surface area contributed by atoms with Crippen molar-refractivity contribution in [3.05, 3.63) is 328 Å². The van der Waals surface area contributed by atoms with Crippen LogP contribution in [-0.2, 0) is 10.8 Å². The molecule has 0 aromatic heterocycles. The summed E-state index contributed by atoms with van der Waals surface area (Å²) in [5.74, 6) is 0. The number of nitrogens with zero attached hydrogens (tertiary/aromatic N) is 1. The van der Waals surface area contributed by atoms with Crippen LogP contribution in [-0.4, -0.2) is 5.71 Å². The van der Waals surface area contributed by atoms with Crippen molar-refractivity contribution in [1.82, 2.24) is 5.32 Å². The fraction of sp³-hybridized carbons (Fsp3) is 0.0429. The molecule has 2 spiro atoms. The molecular formula is C70H46N2S. The van der Waals surface area contributed by atoms with Crippen molar-refractivity contribution in [1.29, 1.82) is 0 Å². The minimum atomic E-state index is -0.666. The molecule has 0 fully saturated rings. The molecule has 73 heavy (non-hydrogen) atoms. The molecule has 1 unspecified atom stereocenters. The summed E-state index contributed by atoms with van der Waals surface area (Å²) < 4.78 is 0. The van der Waals surface area contributed by atoms with Gasteiger partial charge in [-0.2, -0.15) is 0 Å². The summed E-state index contributed by atoms with van der Waals surface area (Å²) in [5.41, 5.74) is 24.4. The van der Waals surface area contributed by atoms with Crippen molar-refractivity contribution >= 4 is 39.5 Å². The third kappa shape index (κ3) is 5.97. The van der Waals surface area contributed by atoms with E-state index in [-0.39, 0.29) is 6.17 Å². The van der Waals surface area contributed by atoms with Gasteiger partial charge in [-0.05, 0) is 140 Å². The van der Waals surface area contributed by atoms with Crippen LogP contribution < -0.4 is 5.32 Å². The van der Waals surface area contributed by atoms with E-state index < -0.39 is 10.8 Å². The van der Waals surface area contributed by atoms with Gasteiger partial charge in [0.05, 0.1) is 16.5 Å². The van der Waals surface area contributed by atoms with Gasteiger partial charge in [0.2, 0.25) is 0 Å². The molecule has 2 nitrogen and oxygen atoms in total. The predicted molar refractivity (Wildman–Crippen MR) is 304 cm³/mol. The van der Waals surface area contributed by atoms with Crippen molar-refractivity contribution in [2.45, 2.75) is 21.9 Å². The second-order valence-electron chi connectivity index (χ2n) is 19.8. The lowest BCUT2D eigenvalue weighted by molar-refractivity contribution is 0.626. The van der Waals surface area contributed by atoms with Crippen LogP contribution in [0.5, 0.6) is 0 Å². The quantitative estimate of drug-likeness (QED) is 0.190. The topological polar surface area (TPSA) is 24.4 Å². The van der Waals surface area contributed by atoms with Crippen LogP contribution in [0.2, 0.25) is 0 Å². The van der Waals surface area contributed by atoms with Gasteiger partial charge in [0.25, 0.3) is 0 Å². The zero-order chi connectivity index (χ0) is 48.3. The van der Waals surface area contributed by atoms with Crippen LogP contribution in [0.25, 0.3) is 55.4 Å². The molecule has 1 atom stereocenters. The zero-order valence-corrected chi connectivity index (χ0v) is 40.7. The highest BCUT2D eigenvalue weighted by atomic mass is 32.2. The van der Waals surface area contributed by atoms with Crippen LogP contribution in [0.15, 0.2) is 271 Å². The molecule has 5 aliphatic rings. The lowest BCUT2D eigenvalue weighted by atomic mass is 9.52. The minimum absolute atomic E-state index is 0.280. The number of aliphatic imine (C=N–C) groups is 1. The molecule has 10 aromatic rings. The Labute approximate surface area is 430 Å². The van der Waals surface area contributed by atoms with Gasteiger partial charge in [-0.25, -0.2) is 0 Å². The van der Waals surface area contributed by atoms with Crippen LogP contribution >= 0.6 is 11.8 Å². The molecular weight excluding hydrogens is 901 g/mol. The summed E-state index contributed by atoms with van der Waals surface area (Å²) >= 11 is 1.82. The summed E-state index contributed by atoms with van der Waals surface area (Å²) in [7, 11) is 0. The summed E-state index contributed by atoms with van der Waals surface area (Å²) in [6, 6.07) is 83.8. The molecule has 0 amide bonds. The molecule has 10 aromatic carbocycles. The third-order valence-electron chi connectivity index (χ3n) is 16.2. The first-order valence-corrected chi connectivity index (χ1v) is 26.1. The number of allylic oxidation sites excluding steroid dienone is 5. The van der Waals surface area contributed by atoms with E-state index in [1.807, 2.05) is 11.8 Å². The highest BCUT2D eigenvalue weighted by Gasteiger charge is 2.59. The largest absolute Gasteiger partial charge is 0.360 e. The van der Waals surface area contributed by atoms with E-state index in [0.29, 0.717) is 0 Å². The van der Waals surface area contributed by atoms with E-state index in [4.69, 9.17) is 4.99 Å². The Balaban J connectivity index is 0.919. The maximum Gasteiger partial charge on any atom is 0.145 e. The Hall–Kier alpha value is -8.76. The van der Waals surface area contributed by atoms with Crippen LogP contribution in [0.3, 0.4) is 0 Å². The van der Waals surface area contributed by atoms with E-state index in [2.05, 4.69) is 266 Å². The Morgan fingerprint density at radius 1 is 0.425 bits per heavy atom. The maximum atomic E-state index is 5.36. The number of benzene rings is 10. The lowest BCUT2D eigenvalue weighted by Crippen LogP contribution is -2.44. The lowest BCUT2D eigenvalue weighted by Gasteiger charge is -2.49. The van der Waals surface area contributed by atoms with Crippen molar-refractivity contribution in [2.75, 3.05) is 0 Å². The van der Waals surface area contributed by atoms with Crippen LogP contribution in [0.4, 0.5) is 0 Å². The summed E-state index contributed by atoms with van der Waals surface area (Å²) in [4.78, 5) is 6.61. The smallest absolute Gasteiger partial charge is 0.145 e. The molecule has 3 aliphatic carbocycles. The van der Waals surface area contributed by atoms with Crippen molar-refractivity contribution < 1.29 is 0 Å². The predicted octanol–water partition coefficient (Wildman–Crippen LogP) is 16.9. The average molecular weight is 947 g/mol. The first-order valence-electron chi connectivity index (χ1n) is 25.2. The monoisotopic (exact) mass is 946 g/mol. The Morgan fingerprint density at radius 2 is 0.986 bits per heavy atom. The van der Waals surface area contributed by atoms with Gasteiger partial charge in [0.15, 0.2) is 0 Å². The Bertz CT molecular complexity index is 4020. The number of nitrogens with one attached hydrogen (secondary N) is 1. The van der Waals surface area contributed by atoms with E-state index >= 15 is 0 Å². The number of hydrogen-bond donors (Lipinski definition) is 1. The molecule has 2 heterocycles. The highest BCUT2D eigenvalue weighted by molar-refractivity contribution is 8.02. The van der Waals surface area contributed by atoms with Gasteiger partial charge < -0.3 is 5.32 Å². The maximum absolute atomic E-state index is 5.36. The van der Waals surface area contributed by atoms with Crippen LogP contribution in [0, 0.1) is 0 Å². The molecule has 0 bridgehead atoms.